The first-order chi connectivity index (χ1) is 11.0. The third kappa shape index (κ3) is 4.40. The predicted molar refractivity (Wildman–Crippen MR) is 85.6 cm³/mol. The molecule has 0 atom stereocenters. The molecule has 0 fully saturated rings. The van der Waals surface area contributed by atoms with E-state index in [1.54, 1.807) is 30.0 Å². The van der Waals surface area contributed by atoms with Crippen molar-refractivity contribution in [3.63, 3.8) is 0 Å². The summed E-state index contributed by atoms with van der Waals surface area (Å²) in [5.41, 5.74) is 1.24. The molecule has 2 N–H and O–H groups in total. The average Bonchev–Trinajstić information content (AvgIpc) is 2.52. The number of hydrogen-bond acceptors (Lipinski definition) is 5. The van der Waals surface area contributed by atoms with Gasteiger partial charge >= 0.3 is 0 Å². The lowest BCUT2D eigenvalue weighted by Gasteiger charge is -2.13. The number of aryl methyl sites for hydroxylation is 1. The van der Waals surface area contributed by atoms with Crippen LogP contribution in [-0.2, 0) is 11.3 Å². The molecule has 122 valence electrons. The molecule has 7 nitrogen and oxygen atoms in total. The lowest BCUT2D eigenvalue weighted by atomic mass is 10.3. The molecule has 2 rings (SSSR count). The van der Waals surface area contributed by atoms with Crippen LogP contribution >= 0.6 is 0 Å². The standard InChI is InChI=1S/C16H19N3O4/c1-11-3-4-14(17-9-11)18-15(22)10-23-16-12(2)19(7-8-20)6-5-13(16)21/h3-6,9,20H,7-8,10H2,1-2H3,(H,17,18,22). The van der Waals surface area contributed by atoms with E-state index >= 15 is 0 Å². The number of carbonyl (C=O) groups is 1. The molecule has 1 amide bonds. The largest absolute Gasteiger partial charge is 0.478 e. The number of nitrogens with zero attached hydrogens (tertiary/aromatic N) is 2. The second-order valence-corrected chi connectivity index (χ2v) is 5.07. The number of carbonyl (C=O) groups excluding carboxylic acids is 1. The van der Waals surface area contributed by atoms with E-state index in [0.717, 1.165) is 5.56 Å². The monoisotopic (exact) mass is 317 g/mol. The first kappa shape index (κ1) is 16.7. The Balaban J connectivity index is 2.02. The Morgan fingerprint density at radius 3 is 2.78 bits per heavy atom. The van der Waals surface area contributed by atoms with Gasteiger partial charge in [-0.15, -0.1) is 0 Å². The van der Waals surface area contributed by atoms with Crippen molar-refractivity contribution >= 4 is 11.7 Å². The lowest BCUT2D eigenvalue weighted by Crippen LogP contribution is -2.24. The lowest BCUT2D eigenvalue weighted by molar-refractivity contribution is -0.118. The summed E-state index contributed by atoms with van der Waals surface area (Å²) in [4.78, 5) is 27.8. The van der Waals surface area contributed by atoms with Crippen molar-refractivity contribution in [1.29, 1.82) is 0 Å². The zero-order valence-corrected chi connectivity index (χ0v) is 13.1. The van der Waals surface area contributed by atoms with Crippen LogP contribution in [0.15, 0.2) is 35.4 Å². The minimum absolute atomic E-state index is 0.0528. The average molecular weight is 317 g/mol. The van der Waals surface area contributed by atoms with Gasteiger partial charge in [0, 0.05) is 25.0 Å². The van der Waals surface area contributed by atoms with Gasteiger partial charge in [0.25, 0.3) is 5.91 Å². The van der Waals surface area contributed by atoms with Gasteiger partial charge in [-0.3, -0.25) is 9.59 Å². The molecule has 7 heteroatoms. The molecule has 0 unspecified atom stereocenters. The maximum absolute atomic E-state index is 11.9. The highest BCUT2D eigenvalue weighted by Crippen LogP contribution is 2.12. The number of anilines is 1. The van der Waals surface area contributed by atoms with Crippen LogP contribution in [0.25, 0.3) is 0 Å². The minimum Gasteiger partial charge on any atom is -0.478 e. The maximum Gasteiger partial charge on any atom is 0.263 e. The normalized spacial score (nSPS) is 10.4. The number of pyridine rings is 2. The first-order valence-corrected chi connectivity index (χ1v) is 7.17. The Bertz CT molecular complexity index is 738. The van der Waals surface area contributed by atoms with Crippen LogP contribution < -0.4 is 15.5 Å². The summed E-state index contributed by atoms with van der Waals surface area (Å²) in [5, 5.41) is 11.6. The molecule has 0 aliphatic heterocycles. The SMILES string of the molecule is Cc1ccc(NC(=O)COc2c(C)n(CCO)ccc2=O)nc1. The summed E-state index contributed by atoms with van der Waals surface area (Å²) >= 11 is 0. The Morgan fingerprint density at radius 2 is 2.13 bits per heavy atom. The van der Waals surface area contributed by atoms with Gasteiger partial charge in [0.05, 0.1) is 12.3 Å². The van der Waals surface area contributed by atoms with Crippen LogP contribution in [0.2, 0.25) is 0 Å². The fourth-order valence-corrected chi connectivity index (χ4v) is 2.04. The molecule has 23 heavy (non-hydrogen) atoms. The quantitative estimate of drug-likeness (QED) is 0.824. The van der Waals surface area contributed by atoms with Crippen molar-refractivity contribution in [3.8, 4) is 5.75 Å². The Labute approximate surface area is 133 Å². The number of amides is 1. The van der Waals surface area contributed by atoms with Crippen LogP contribution in [0.3, 0.4) is 0 Å². The van der Waals surface area contributed by atoms with E-state index in [9.17, 15) is 9.59 Å². The smallest absolute Gasteiger partial charge is 0.263 e. The van der Waals surface area contributed by atoms with Crippen molar-refractivity contribution in [2.24, 2.45) is 0 Å². The second kappa shape index (κ2) is 7.55. The molecule has 0 radical (unpaired) electrons. The zero-order valence-electron chi connectivity index (χ0n) is 13.1. The molecule has 0 bridgehead atoms. The summed E-state index contributed by atoms with van der Waals surface area (Å²) in [6.45, 7) is 3.60. The van der Waals surface area contributed by atoms with Crippen LogP contribution in [0.5, 0.6) is 5.75 Å². The molecule has 2 aromatic rings. The van der Waals surface area contributed by atoms with Gasteiger partial charge in [0.2, 0.25) is 5.43 Å². The van der Waals surface area contributed by atoms with E-state index < -0.39 is 5.91 Å². The number of ether oxygens (including phenoxy) is 1. The third-order valence-corrected chi connectivity index (χ3v) is 3.26. The van der Waals surface area contributed by atoms with E-state index in [4.69, 9.17) is 9.84 Å². The number of aliphatic hydroxyl groups excluding tert-OH is 1. The second-order valence-electron chi connectivity index (χ2n) is 5.07. The van der Waals surface area contributed by atoms with Crippen LogP contribution in [0, 0.1) is 13.8 Å². The number of hydrogen-bond donors (Lipinski definition) is 2. The van der Waals surface area contributed by atoms with Crippen molar-refractivity contribution < 1.29 is 14.6 Å². The minimum atomic E-state index is -0.405. The number of rotatable bonds is 6. The summed E-state index contributed by atoms with van der Waals surface area (Å²) < 4.78 is 7.05. The van der Waals surface area contributed by atoms with Crippen LogP contribution in [0.4, 0.5) is 5.82 Å². The number of aromatic nitrogens is 2. The van der Waals surface area contributed by atoms with Gasteiger partial charge in [-0.2, -0.15) is 0 Å². The summed E-state index contributed by atoms with van der Waals surface area (Å²) in [5.74, 6) is 0.123. The Kier molecular flexibility index (Phi) is 5.48. The van der Waals surface area contributed by atoms with Crippen LogP contribution in [-0.4, -0.2) is 33.8 Å². The van der Waals surface area contributed by atoms with E-state index in [-0.39, 0.29) is 24.4 Å². The van der Waals surface area contributed by atoms with Gasteiger partial charge in [0.1, 0.15) is 5.82 Å². The molecular weight excluding hydrogens is 298 g/mol. The molecule has 0 spiro atoms. The van der Waals surface area contributed by atoms with E-state index in [0.29, 0.717) is 18.1 Å². The van der Waals surface area contributed by atoms with Gasteiger partial charge in [-0.25, -0.2) is 4.98 Å². The van der Waals surface area contributed by atoms with Crippen molar-refractivity contribution in [2.45, 2.75) is 20.4 Å². The van der Waals surface area contributed by atoms with Crippen molar-refractivity contribution in [2.75, 3.05) is 18.5 Å². The van der Waals surface area contributed by atoms with Crippen LogP contribution in [0.1, 0.15) is 11.3 Å². The molecule has 2 aromatic heterocycles. The molecule has 2 heterocycles. The first-order valence-electron chi connectivity index (χ1n) is 7.17. The number of aliphatic hydroxyl groups is 1. The fourth-order valence-electron chi connectivity index (χ4n) is 2.04. The highest BCUT2D eigenvalue weighted by Gasteiger charge is 2.11. The van der Waals surface area contributed by atoms with Gasteiger partial charge in [-0.05, 0) is 25.5 Å². The van der Waals surface area contributed by atoms with Gasteiger partial charge in [-0.1, -0.05) is 6.07 Å². The Morgan fingerprint density at radius 1 is 1.35 bits per heavy atom. The van der Waals surface area contributed by atoms with E-state index in [1.807, 2.05) is 13.0 Å². The zero-order chi connectivity index (χ0) is 16.8. The number of nitrogens with one attached hydrogen (secondary N) is 1. The predicted octanol–water partition coefficient (Wildman–Crippen LogP) is 0.870. The third-order valence-electron chi connectivity index (χ3n) is 3.26. The van der Waals surface area contributed by atoms with Gasteiger partial charge in [0.15, 0.2) is 12.4 Å². The molecule has 0 saturated carbocycles. The topological polar surface area (TPSA) is 93.5 Å². The highest BCUT2D eigenvalue weighted by atomic mass is 16.5. The fraction of sp³-hybridized carbons (Fsp3) is 0.312. The molecule has 0 aliphatic rings. The van der Waals surface area contributed by atoms with Crippen molar-refractivity contribution in [3.05, 3.63) is 52.1 Å². The van der Waals surface area contributed by atoms with E-state index in [2.05, 4.69) is 10.3 Å². The molecule has 0 saturated heterocycles. The molecule has 0 aromatic carbocycles. The summed E-state index contributed by atoms with van der Waals surface area (Å²) in [6, 6.07) is 4.87. The van der Waals surface area contributed by atoms with Crippen molar-refractivity contribution in [1.82, 2.24) is 9.55 Å². The molecule has 0 aliphatic carbocycles. The Hall–Kier alpha value is -2.67. The summed E-state index contributed by atoms with van der Waals surface area (Å²) in [7, 11) is 0. The summed E-state index contributed by atoms with van der Waals surface area (Å²) in [6.07, 6.45) is 3.22. The maximum atomic E-state index is 11.9. The van der Waals surface area contributed by atoms with Gasteiger partial charge < -0.3 is 19.7 Å². The highest BCUT2D eigenvalue weighted by molar-refractivity contribution is 5.90. The van der Waals surface area contributed by atoms with E-state index in [1.165, 1.54) is 6.07 Å². The molecular formula is C16H19N3O4.